The zero-order valence-electron chi connectivity index (χ0n) is 15.4. The summed E-state index contributed by atoms with van der Waals surface area (Å²) in [6, 6.07) is 17.7. The topological polar surface area (TPSA) is 56.4 Å². The van der Waals surface area contributed by atoms with Gasteiger partial charge in [-0.25, -0.2) is 0 Å². The van der Waals surface area contributed by atoms with Gasteiger partial charge < -0.3 is 14.8 Å². The number of fused-ring (bicyclic) bond motifs is 1. The number of rotatable bonds is 3. The van der Waals surface area contributed by atoms with Gasteiger partial charge in [0.05, 0.1) is 6.42 Å². The zero-order chi connectivity index (χ0) is 18.8. The van der Waals surface area contributed by atoms with Gasteiger partial charge in [0.15, 0.2) is 0 Å². The number of nitrogens with zero attached hydrogens (tertiary/aromatic N) is 2. The van der Waals surface area contributed by atoms with E-state index in [1.54, 1.807) is 0 Å². The molecule has 2 amide bonds. The number of amides is 2. The van der Waals surface area contributed by atoms with E-state index in [4.69, 9.17) is 0 Å². The summed E-state index contributed by atoms with van der Waals surface area (Å²) in [7, 11) is 0. The summed E-state index contributed by atoms with van der Waals surface area (Å²) in [6.07, 6.45) is 0.413. The second-order valence-electron chi connectivity index (χ2n) is 7.01. The normalized spacial score (nSPS) is 14.6. The molecule has 1 aliphatic rings. The fourth-order valence-electron chi connectivity index (χ4n) is 3.70. The van der Waals surface area contributed by atoms with Crippen LogP contribution in [0.1, 0.15) is 21.6 Å². The molecule has 1 aromatic heterocycles. The van der Waals surface area contributed by atoms with Gasteiger partial charge >= 0.3 is 0 Å². The lowest BCUT2D eigenvalue weighted by atomic mass is 10.1. The van der Waals surface area contributed by atoms with Crippen LogP contribution in [0.25, 0.3) is 10.9 Å². The van der Waals surface area contributed by atoms with E-state index >= 15 is 0 Å². The number of para-hydroxylation sites is 1. The number of hydrogen-bond donors (Lipinski definition) is 1. The third kappa shape index (κ3) is 3.45. The molecular formula is C22H23N3O2. The molecule has 138 valence electrons. The van der Waals surface area contributed by atoms with E-state index < -0.39 is 0 Å². The van der Waals surface area contributed by atoms with Gasteiger partial charge in [-0.1, -0.05) is 48.5 Å². The highest BCUT2D eigenvalue weighted by molar-refractivity contribution is 6.01. The van der Waals surface area contributed by atoms with Gasteiger partial charge in [-0.15, -0.1) is 0 Å². The van der Waals surface area contributed by atoms with Crippen molar-refractivity contribution in [3.63, 3.8) is 0 Å². The van der Waals surface area contributed by atoms with Crippen molar-refractivity contribution < 1.29 is 9.59 Å². The molecular weight excluding hydrogens is 338 g/mol. The maximum atomic E-state index is 12.9. The highest BCUT2D eigenvalue weighted by Crippen LogP contribution is 2.23. The Morgan fingerprint density at radius 3 is 2.22 bits per heavy atom. The number of benzene rings is 2. The minimum absolute atomic E-state index is 0.0128. The SMILES string of the molecule is Cc1c(C(=O)N2CCN(C(=O)Cc3ccccc3)CC2)[nH]c2ccccc12. The molecule has 5 heteroatoms. The smallest absolute Gasteiger partial charge is 0.270 e. The molecule has 0 spiro atoms. The summed E-state index contributed by atoms with van der Waals surface area (Å²) in [5.74, 6) is 0.133. The van der Waals surface area contributed by atoms with Crippen molar-refractivity contribution in [3.05, 3.63) is 71.4 Å². The van der Waals surface area contributed by atoms with Gasteiger partial charge in [0.25, 0.3) is 5.91 Å². The molecule has 0 unspecified atom stereocenters. The van der Waals surface area contributed by atoms with Crippen LogP contribution >= 0.6 is 0 Å². The van der Waals surface area contributed by atoms with Crippen LogP contribution in [0.5, 0.6) is 0 Å². The van der Waals surface area contributed by atoms with Gasteiger partial charge in [0.1, 0.15) is 5.69 Å². The van der Waals surface area contributed by atoms with E-state index in [0.717, 1.165) is 22.0 Å². The van der Waals surface area contributed by atoms with Gasteiger partial charge in [0, 0.05) is 37.1 Å². The Kier molecular flexibility index (Phi) is 4.67. The molecule has 0 radical (unpaired) electrons. The van der Waals surface area contributed by atoms with Crippen LogP contribution in [0.3, 0.4) is 0 Å². The summed E-state index contributed by atoms with van der Waals surface area (Å²) < 4.78 is 0. The molecule has 27 heavy (non-hydrogen) atoms. The first kappa shape index (κ1) is 17.3. The Labute approximate surface area is 158 Å². The fraction of sp³-hybridized carbons (Fsp3) is 0.273. The van der Waals surface area contributed by atoms with Crippen molar-refractivity contribution in [2.45, 2.75) is 13.3 Å². The second kappa shape index (κ2) is 7.27. The number of carbonyl (C=O) groups is 2. The maximum Gasteiger partial charge on any atom is 0.270 e. The van der Waals surface area contributed by atoms with Crippen LogP contribution in [0.2, 0.25) is 0 Å². The highest BCUT2D eigenvalue weighted by Gasteiger charge is 2.26. The molecule has 0 bridgehead atoms. The summed E-state index contributed by atoms with van der Waals surface area (Å²) in [6.45, 7) is 4.27. The van der Waals surface area contributed by atoms with Crippen molar-refractivity contribution in [1.29, 1.82) is 0 Å². The standard InChI is InChI=1S/C22H23N3O2/c1-16-18-9-5-6-10-19(18)23-21(16)22(27)25-13-11-24(12-14-25)20(26)15-17-7-3-2-4-8-17/h2-10,23H,11-15H2,1H3. The Bertz CT molecular complexity index is 970. The molecule has 1 fully saturated rings. The first-order valence-corrected chi connectivity index (χ1v) is 9.32. The predicted octanol–water partition coefficient (Wildman–Crippen LogP) is 3.00. The predicted molar refractivity (Wildman–Crippen MR) is 106 cm³/mol. The van der Waals surface area contributed by atoms with Crippen LogP contribution in [-0.4, -0.2) is 52.8 Å². The van der Waals surface area contributed by atoms with Crippen LogP contribution in [0.15, 0.2) is 54.6 Å². The molecule has 4 rings (SSSR count). The van der Waals surface area contributed by atoms with Crippen LogP contribution in [-0.2, 0) is 11.2 Å². The minimum Gasteiger partial charge on any atom is -0.350 e. The van der Waals surface area contributed by atoms with Gasteiger partial charge in [-0.05, 0) is 24.1 Å². The number of piperazine rings is 1. The summed E-state index contributed by atoms with van der Waals surface area (Å²) in [5, 5.41) is 1.08. The van der Waals surface area contributed by atoms with E-state index in [9.17, 15) is 9.59 Å². The quantitative estimate of drug-likeness (QED) is 0.780. The monoisotopic (exact) mass is 361 g/mol. The fourth-order valence-corrected chi connectivity index (χ4v) is 3.70. The Balaban J connectivity index is 1.40. The number of carbonyl (C=O) groups excluding carboxylic acids is 2. The average Bonchev–Trinajstić information content (AvgIpc) is 3.05. The number of H-pyrrole nitrogens is 1. The molecule has 0 atom stereocenters. The largest absolute Gasteiger partial charge is 0.350 e. The average molecular weight is 361 g/mol. The summed E-state index contributed by atoms with van der Waals surface area (Å²) in [4.78, 5) is 32.4. The molecule has 1 aliphatic heterocycles. The molecule has 1 N–H and O–H groups in total. The van der Waals surface area contributed by atoms with Gasteiger partial charge in [-0.2, -0.15) is 0 Å². The van der Waals surface area contributed by atoms with Crippen molar-refractivity contribution in [3.8, 4) is 0 Å². The van der Waals surface area contributed by atoms with Gasteiger partial charge in [-0.3, -0.25) is 9.59 Å². The molecule has 5 nitrogen and oxygen atoms in total. The Morgan fingerprint density at radius 2 is 1.52 bits per heavy atom. The zero-order valence-corrected chi connectivity index (χ0v) is 15.4. The van der Waals surface area contributed by atoms with E-state index in [1.165, 1.54) is 0 Å². The number of aryl methyl sites for hydroxylation is 1. The third-order valence-electron chi connectivity index (χ3n) is 5.30. The van der Waals surface area contributed by atoms with Crippen LogP contribution < -0.4 is 0 Å². The van der Waals surface area contributed by atoms with Gasteiger partial charge in [0.2, 0.25) is 5.91 Å². The lowest BCUT2D eigenvalue weighted by molar-refractivity contribution is -0.131. The van der Waals surface area contributed by atoms with Crippen molar-refractivity contribution in [2.75, 3.05) is 26.2 Å². The number of nitrogens with one attached hydrogen (secondary N) is 1. The number of aromatic amines is 1. The lowest BCUT2D eigenvalue weighted by Crippen LogP contribution is -2.51. The molecule has 2 heterocycles. The Hall–Kier alpha value is -3.08. The van der Waals surface area contributed by atoms with E-state index in [1.807, 2.05) is 71.3 Å². The van der Waals surface area contributed by atoms with Crippen LogP contribution in [0, 0.1) is 6.92 Å². The first-order valence-electron chi connectivity index (χ1n) is 9.32. The maximum absolute atomic E-state index is 12.9. The van der Waals surface area contributed by atoms with Crippen molar-refractivity contribution >= 4 is 22.7 Å². The third-order valence-corrected chi connectivity index (χ3v) is 5.30. The van der Waals surface area contributed by atoms with E-state index in [2.05, 4.69) is 4.98 Å². The van der Waals surface area contributed by atoms with E-state index in [0.29, 0.717) is 38.3 Å². The molecule has 1 saturated heterocycles. The molecule has 0 saturated carbocycles. The molecule has 2 aromatic carbocycles. The minimum atomic E-state index is 0.0128. The van der Waals surface area contributed by atoms with Crippen LogP contribution in [0.4, 0.5) is 0 Å². The Morgan fingerprint density at radius 1 is 0.889 bits per heavy atom. The second-order valence-corrected chi connectivity index (χ2v) is 7.01. The molecule has 3 aromatic rings. The summed E-state index contributed by atoms with van der Waals surface area (Å²) >= 11 is 0. The molecule has 0 aliphatic carbocycles. The van der Waals surface area contributed by atoms with Crippen molar-refractivity contribution in [2.24, 2.45) is 0 Å². The lowest BCUT2D eigenvalue weighted by Gasteiger charge is -2.34. The van der Waals surface area contributed by atoms with Crippen molar-refractivity contribution in [1.82, 2.24) is 14.8 Å². The van der Waals surface area contributed by atoms with E-state index in [-0.39, 0.29) is 11.8 Å². The summed E-state index contributed by atoms with van der Waals surface area (Å²) in [5.41, 5.74) is 3.64. The highest BCUT2D eigenvalue weighted by atomic mass is 16.2. The first-order chi connectivity index (χ1) is 13.1. The number of hydrogen-bond acceptors (Lipinski definition) is 2. The number of aromatic nitrogens is 1.